The normalized spacial score (nSPS) is 13.2. The van der Waals surface area contributed by atoms with Gasteiger partial charge in [0.25, 0.3) is 0 Å². The van der Waals surface area contributed by atoms with Gasteiger partial charge in [0.15, 0.2) is 0 Å². The Morgan fingerprint density at radius 1 is 1.25 bits per heavy atom. The minimum atomic E-state index is -0.221. The number of hydrogen-bond acceptors (Lipinski definition) is 2. The van der Waals surface area contributed by atoms with Crippen molar-refractivity contribution in [3.05, 3.63) is 63.9 Å². The van der Waals surface area contributed by atoms with Crippen molar-refractivity contribution < 1.29 is 4.39 Å². The molecule has 0 radical (unpaired) electrons. The van der Waals surface area contributed by atoms with Crippen LogP contribution >= 0.6 is 11.6 Å². The fourth-order valence-corrected chi connectivity index (χ4v) is 2.77. The lowest BCUT2D eigenvalue weighted by atomic mass is 10.1. The van der Waals surface area contributed by atoms with Crippen LogP contribution in [0.4, 0.5) is 10.1 Å². The zero-order chi connectivity index (χ0) is 14.1. The van der Waals surface area contributed by atoms with E-state index in [9.17, 15) is 4.39 Å². The predicted molar refractivity (Wildman–Crippen MR) is 77.3 cm³/mol. The van der Waals surface area contributed by atoms with Gasteiger partial charge < -0.3 is 4.90 Å². The highest BCUT2D eigenvalue weighted by Gasteiger charge is 2.20. The van der Waals surface area contributed by atoms with E-state index in [1.54, 1.807) is 18.2 Å². The quantitative estimate of drug-likeness (QED) is 0.837. The molecule has 2 aromatic carbocycles. The van der Waals surface area contributed by atoms with Gasteiger partial charge in [-0.25, -0.2) is 4.39 Å². The summed E-state index contributed by atoms with van der Waals surface area (Å²) in [6, 6.07) is 12.2. The largest absolute Gasteiger partial charge is 0.367 e. The van der Waals surface area contributed by atoms with E-state index in [1.807, 2.05) is 12.1 Å². The third kappa shape index (κ3) is 2.35. The molecule has 0 saturated carbocycles. The molecule has 0 N–H and O–H groups in total. The SMILES string of the molecule is N#Cc1ccc(CN2CCc3ccc(F)cc32)c(Cl)c1. The molecule has 1 aliphatic heterocycles. The molecule has 0 amide bonds. The van der Waals surface area contributed by atoms with Crippen molar-refractivity contribution in [3.63, 3.8) is 0 Å². The molecule has 0 saturated heterocycles. The zero-order valence-electron chi connectivity index (χ0n) is 10.7. The summed E-state index contributed by atoms with van der Waals surface area (Å²) in [5.41, 5.74) is 3.59. The van der Waals surface area contributed by atoms with E-state index in [0.29, 0.717) is 17.1 Å². The van der Waals surface area contributed by atoms with Gasteiger partial charge in [0.05, 0.1) is 11.6 Å². The summed E-state index contributed by atoms with van der Waals surface area (Å²) < 4.78 is 13.4. The van der Waals surface area contributed by atoms with Gasteiger partial charge in [0, 0.05) is 23.8 Å². The van der Waals surface area contributed by atoms with Crippen LogP contribution in [0.25, 0.3) is 0 Å². The van der Waals surface area contributed by atoms with Crippen molar-refractivity contribution in [1.82, 2.24) is 0 Å². The molecule has 0 aliphatic carbocycles. The number of hydrogen-bond donors (Lipinski definition) is 0. The predicted octanol–water partition coefficient (Wildman–Crippen LogP) is 3.91. The van der Waals surface area contributed by atoms with Gasteiger partial charge in [-0.2, -0.15) is 5.26 Å². The highest BCUT2D eigenvalue weighted by molar-refractivity contribution is 6.31. The molecule has 1 heterocycles. The molecule has 0 fully saturated rings. The molecule has 0 aromatic heterocycles. The second kappa shape index (κ2) is 5.15. The summed E-state index contributed by atoms with van der Waals surface area (Å²) in [6.45, 7) is 1.48. The summed E-state index contributed by atoms with van der Waals surface area (Å²) in [4.78, 5) is 2.12. The molecule has 20 heavy (non-hydrogen) atoms. The lowest BCUT2D eigenvalue weighted by molar-refractivity contribution is 0.627. The minimum absolute atomic E-state index is 0.221. The Bertz CT molecular complexity index is 706. The van der Waals surface area contributed by atoms with Crippen molar-refractivity contribution in [1.29, 1.82) is 5.26 Å². The monoisotopic (exact) mass is 286 g/mol. The maximum Gasteiger partial charge on any atom is 0.125 e. The topological polar surface area (TPSA) is 27.0 Å². The second-order valence-electron chi connectivity index (χ2n) is 4.86. The number of halogens is 2. The first-order valence-electron chi connectivity index (χ1n) is 6.39. The fourth-order valence-electron chi connectivity index (χ4n) is 2.53. The minimum Gasteiger partial charge on any atom is -0.367 e. The van der Waals surface area contributed by atoms with E-state index >= 15 is 0 Å². The maximum absolute atomic E-state index is 13.4. The Labute approximate surface area is 122 Å². The summed E-state index contributed by atoms with van der Waals surface area (Å²) >= 11 is 6.19. The third-order valence-electron chi connectivity index (χ3n) is 3.58. The number of fused-ring (bicyclic) bond motifs is 1. The Kier molecular flexibility index (Phi) is 3.33. The standard InChI is InChI=1S/C16H12ClFN2/c17-15-7-11(9-19)1-2-13(15)10-20-6-5-12-3-4-14(18)8-16(12)20/h1-4,7-8H,5-6,10H2. The smallest absolute Gasteiger partial charge is 0.125 e. The Balaban J connectivity index is 1.88. The number of nitrogens with zero attached hydrogens (tertiary/aromatic N) is 2. The van der Waals surface area contributed by atoms with Crippen LogP contribution in [-0.2, 0) is 13.0 Å². The van der Waals surface area contributed by atoms with Crippen LogP contribution in [0.5, 0.6) is 0 Å². The first-order chi connectivity index (χ1) is 9.67. The maximum atomic E-state index is 13.4. The van der Waals surface area contributed by atoms with Gasteiger partial charge >= 0.3 is 0 Å². The van der Waals surface area contributed by atoms with Crippen LogP contribution in [0.2, 0.25) is 5.02 Å². The average Bonchev–Trinajstić information content (AvgIpc) is 2.83. The average molecular weight is 287 g/mol. The molecule has 0 bridgehead atoms. The molecule has 3 rings (SSSR count). The van der Waals surface area contributed by atoms with Crippen LogP contribution in [0.1, 0.15) is 16.7 Å². The lowest BCUT2D eigenvalue weighted by Gasteiger charge is -2.20. The zero-order valence-corrected chi connectivity index (χ0v) is 11.5. The molecule has 0 spiro atoms. The van der Waals surface area contributed by atoms with Crippen LogP contribution in [0.3, 0.4) is 0 Å². The van der Waals surface area contributed by atoms with E-state index in [4.69, 9.17) is 16.9 Å². The lowest BCUT2D eigenvalue weighted by Crippen LogP contribution is -2.20. The van der Waals surface area contributed by atoms with Gasteiger partial charge in [-0.15, -0.1) is 0 Å². The second-order valence-corrected chi connectivity index (χ2v) is 5.27. The fraction of sp³-hybridized carbons (Fsp3) is 0.188. The van der Waals surface area contributed by atoms with E-state index < -0.39 is 0 Å². The number of anilines is 1. The van der Waals surface area contributed by atoms with E-state index in [-0.39, 0.29) is 5.82 Å². The van der Waals surface area contributed by atoms with Crippen LogP contribution < -0.4 is 4.90 Å². The molecule has 1 aliphatic rings. The first-order valence-corrected chi connectivity index (χ1v) is 6.77. The molecular weight excluding hydrogens is 275 g/mol. The Morgan fingerprint density at radius 2 is 2.10 bits per heavy atom. The van der Waals surface area contributed by atoms with Gasteiger partial charge in [-0.3, -0.25) is 0 Å². The summed E-state index contributed by atoms with van der Waals surface area (Å²) in [5, 5.41) is 9.41. The number of rotatable bonds is 2. The van der Waals surface area contributed by atoms with Gasteiger partial charge in [-0.05, 0) is 41.8 Å². The molecule has 0 unspecified atom stereocenters. The van der Waals surface area contributed by atoms with Crippen molar-refractivity contribution in [2.75, 3.05) is 11.4 Å². The number of benzene rings is 2. The van der Waals surface area contributed by atoms with Crippen molar-refractivity contribution in [2.45, 2.75) is 13.0 Å². The molecule has 2 aromatic rings. The number of nitriles is 1. The highest BCUT2D eigenvalue weighted by atomic mass is 35.5. The van der Waals surface area contributed by atoms with Crippen LogP contribution in [0.15, 0.2) is 36.4 Å². The van der Waals surface area contributed by atoms with Crippen LogP contribution in [0, 0.1) is 17.1 Å². The van der Waals surface area contributed by atoms with Crippen molar-refractivity contribution >= 4 is 17.3 Å². The molecular formula is C16H12ClFN2. The molecule has 2 nitrogen and oxygen atoms in total. The van der Waals surface area contributed by atoms with Gasteiger partial charge in [0.2, 0.25) is 0 Å². The summed E-state index contributed by atoms with van der Waals surface area (Å²) in [5.74, 6) is -0.221. The van der Waals surface area contributed by atoms with Crippen LogP contribution in [-0.4, -0.2) is 6.54 Å². The molecule has 0 atom stereocenters. The Hall–Kier alpha value is -2.05. The highest BCUT2D eigenvalue weighted by Crippen LogP contribution is 2.31. The van der Waals surface area contributed by atoms with Crippen molar-refractivity contribution in [3.8, 4) is 6.07 Å². The summed E-state index contributed by atoms with van der Waals surface area (Å²) in [6.07, 6.45) is 0.920. The first kappa shape index (κ1) is 13.0. The van der Waals surface area contributed by atoms with Crippen molar-refractivity contribution in [2.24, 2.45) is 0 Å². The molecule has 100 valence electrons. The third-order valence-corrected chi connectivity index (χ3v) is 3.93. The van der Waals surface area contributed by atoms with E-state index in [2.05, 4.69) is 11.0 Å². The van der Waals surface area contributed by atoms with E-state index in [0.717, 1.165) is 29.8 Å². The van der Waals surface area contributed by atoms with E-state index in [1.165, 1.54) is 6.07 Å². The molecule has 4 heteroatoms. The van der Waals surface area contributed by atoms with Gasteiger partial charge in [0.1, 0.15) is 5.82 Å². The Morgan fingerprint density at radius 3 is 2.85 bits per heavy atom. The van der Waals surface area contributed by atoms with Gasteiger partial charge in [-0.1, -0.05) is 23.7 Å². The summed E-state index contributed by atoms with van der Waals surface area (Å²) in [7, 11) is 0.